The van der Waals surface area contributed by atoms with Gasteiger partial charge in [0.05, 0.1) is 6.04 Å². The number of benzene rings is 1. The second-order valence-electron chi connectivity index (χ2n) is 7.04. The summed E-state index contributed by atoms with van der Waals surface area (Å²) in [5.74, 6) is 0.822. The zero-order valence-electron chi connectivity index (χ0n) is 14.8. The zero-order chi connectivity index (χ0) is 18.7. The van der Waals surface area contributed by atoms with Crippen molar-refractivity contribution in [3.8, 4) is 22.8 Å². The highest BCUT2D eigenvalue weighted by atomic mass is 16.5. The van der Waals surface area contributed by atoms with Crippen LogP contribution in [0, 0.1) is 5.41 Å². The minimum atomic E-state index is -1.06. The molecule has 0 aliphatic rings. The Hall–Kier alpha value is -3.22. The summed E-state index contributed by atoms with van der Waals surface area (Å²) in [6, 6.07) is 10.7. The standard InChI is InChI=1S/C19H20N4O3/c1-19(2,3)15(21-18(24)25)12-6-4-7-13(10-12)17-22-16(23-26-17)14-8-5-9-20-11-14/h4-11,15,21H,1-3H3,(H,24,25). The van der Waals surface area contributed by atoms with Crippen LogP contribution in [0.5, 0.6) is 0 Å². The lowest BCUT2D eigenvalue weighted by Crippen LogP contribution is -2.35. The van der Waals surface area contributed by atoms with Crippen LogP contribution in [0.25, 0.3) is 22.8 Å². The van der Waals surface area contributed by atoms with Gasteiger partial charge in [0.2, 0.25) is 5.82 Å². The van der Waals surface area contributed by atoms with Crippen LogP contribution in [0.15, 0.2) is 53.3 Å². The van der Waals surface area contributed by atoms with Gasteiger partial charge in [0.25, 0.3) is 5.89 Å². The fraction of sp³-hybridized carbons (Fsp3) is 0.263. The van der Waals surface area contributed by atoms with E-state index in [9.17, 15) is 4.79 Å². The van der Waals surface area contributed by atoms with Gasteiger partial charge in [-0.2, -0.15) is 4.98 Å². The molecule has 2 aromatic heterocycles. The first-order valence-corrected chi connectivity index (χ1v) is 8.18. The van der Waals surface area contributed by atoms with Crippen molar-refractivity contribution in [1.29, 1.82) is 0 Å². The minimum absolute atomic E-state index is 0.299. The summed E-state index contributed by atoms with van der Waals surface area (Å²) in [5, 5.41) is 15.8. The Morgan fingerprint density at radius 3 is 2.62 bits per heavy atom. The van der Waals surface area contributed by atoms with Crippen molar-refractivity contribution in [2.45, 2.75) is 26.8 Å². The van der Waals surface area contributed by atoms with E-state index >= 15 is 0 Å². The third-order valence-electron chi connectivity index (χ3n) is 3.95. The van der Waals surface area contributed by atoms with E-state index in [1.807, 2.05) is 51.1 Å². The zero-order valence-corrected chi connectivity index (χ0v) is 14.8. The largest absolute Gasteiger partial charge is 0.465 e. The molecule has 1 amide bonds. The molecule has 3 rings (SSSR count). The SMILES string of the molecule is CC(C)(C)C(NC(=O)O)c1cccc(-c2nc(-c3cccnc3)no2)c1. The molecule has 3 aromatic rings. The molecule has 7 heteroatoms. The van der Waals surface area contributed by atoms with Gasteiger partial charge in [0, 0.05) is 23.5 Å². The van der Waals surface area contributed by atoms with Gasteiger partial charge >= 0.3 is 6.09 Å². The number of nitrogens with one attached hydrogen (secondary N) is 1. The van der Waals surface area contributed by atoms with E-state index in [0.717, 1.165) is 16.7 Å². The molecule has 2 N–H and O–H groups in total. The van der Waals surface area contributed by atoms with Gasteiger partial charge in [-0.25, -0.2) is 4.79 Å². The summed E-state index contributed by atoms with van der Waals surface area (Å²) in [7, 11) is 0. The summed E-state index contributed by atoms with van der Waals surface area (Å²) in [6.07, 6.45) is 2.28. The number of rotatable bonds is 4. The number of aromatic nitrogens is 3. The van der Waals surface area contributed by atoms with Crippen LogP contribution < -0.4 is 5.32 Å². The predicted octanol–water partition coefficient (Wildman–Crippen LogP) is 4.15. The maximum atomic E-state index is 11.2. The summed E-state index contributed by atoms with van der Waals surface area (Å²) in [5.41, 5.74) is 2.02. The van der Waals surface area contributed by atoms with E-state index < -0.39 is 6.09 Å². The van der Waals surface area contributed by atoms with Crippen LogP contribution in [0.4, 0.5) is 4.79 Å². The molecule has 7 nitrogen and oxygen atoms in total. The van der Waals surface area contributed by atoms with Gasteiger partial charge < -0.3 is 14.9 Å². The predicted molar refractivity (Wildman–Crippen MR) is 96.3 cm³/mol. The highest BCUT2D eigenvalue weighted by Gasteiger charge is 2.28. The molecule has 1 aromatic carbocycles. The summed E-state index contributed by atoms with van der Waals surface area (Å²) >= 11 is 0. The van der Waals surface area contributed by atoms with Crippen LogP contribution >= 0.6 is 0 Å². The van der Waals surface area contributed by atoms with E-state index in [1.165, 1.54) is 0 Å². The van der Waals surface area contributed by atoms with E-state index in [2.05, 4.69) is 20.4 Å². The molecule has 0 saturated carbocycles. The Morgan fingerprint density at radius 1 is 1.19 bits per heavy atom. The van der Waals surface area contributed by atoms with Crippen molar-refractivity contribution in [1.82, 2.24) is 20.4 Å². The number of hydrogen-bond donors (Lipinski definition) is 2. The quantitative estimate of drug-likeness (QED) is 0.731. The van der Waals surface area contributed by atoms with E-state index in [0.29, 0.717) is 11.7 Å². The molecule has 134 valence electrons. The van der Waals surface area contributed by atoms with Gasteiger partial charge in [0.15, 0.2) is 0 Å². The smallest absolute Gasteiger partial charge is 0.405 e. The number of amides is 1. The van der Waals surface area contributed by atoms with Crippen LogP contribution in [-0.2, 0) is 0 Å². The Balaban J connectivity index is 1.94. The van der Waals surface area contributed by atoms with Crippen molar-refractivity contribution >= 4 is 6.09 Å². The topological polar surface area (TPSA) is 101 Å². The lowest BCUT2D eigenvalue weighted by Gasteiger charge is -2.31. The van der Waals surface area contributed by atoms with Gasteiger partial charge in [-0.3, -0.25) is 4.98 Å². The van der Waals surface area contributed by atoms with Gasteiger partial charge in [0.1, 0.15) is 0 Å². The summed E-state index contributed by atoms with van der Waals surface area (Å²) in [6.45, 7) is 5.94. The maximum absolute atomic E-state index is 11.2. The molecular weight excluding hydrogens is 332 g/mol. The Labute approximate surface area is 151 Å². The molecule has 0 fully saturated rings. The average molecular weight is 352 g/mol. The fourth-order valence-electron chi connectivity index (χ4n) is 2.73. The molecule has 2 heterocycles. The molecule has 26 heavy (non-hydrogen) atoms. The molecule has 0 bridgehead atoms. The van der Waals surface area contributed by atoms with Crippen LogP contribution in [-0.4, -0.2) is 26.3 Å². The van der Waals surface area contributed by atoms with Crippen molar-refractivity contribution in [3.05, 3.63) is 54.4 Å². The summed E-state index contributed by atoms with van der Waals surface area (Å²) < 4.78 is 5.38. The first-order chi connectivity index (χ1) is 12.3. The van der Waals surface area contributed by atoms with E-state index in [-0.39, 0.29) is 11.5 Å². The fourth-order valence-corrected chi connectivity index (χ4v) is 2.73. The second-order valence-corrected chi connectivity index (χ2v) is 7.04. The number of carbonyl (C=O) groups is 1. The first-order valence-electron chi connectivity index (χ1n) is 8.18. The third-order valence-corrected chi connectivity index (χ3v) is 3.95. The second kappa shape index (κ2) is 6.95. The van der Waals surface area contributed by atoms with Crippen LogP contribution in [0.1, 0.15) is 32.4 Å². The van der Waals surface area contributed by atoms with Crippen molar-refractivity contribution < 1.29 is 14.4 Å². The lowest BCUT2D eigenvalue weighted by molar-refractivity contribution is 0.175. The Bertz CT molecular complexity index is 900. The van der Waals surface area contributed by atoms with Gasteiger partial charge in [-0.15, -0.1) is 0 Å². The van der Waals surface area contributed by atoms with Crippen molar-refractivity contribution in [3.63, 3.8) is 0 Å². The molecule has 0 aliphatic carbocycles. The lowest BCUT2D eigenvalue weighted by atomic mass is 9.82. The van der Waals surface area contributed by atoms with E-state index in [1.54, 1.807) is 18.5 Å². The normalized spacial score (nSPS) is 12.6. The Kier molecular flexibility index (Phi) is 4.71. The first kappa shape index (κ1) is 17.6. The maximum Gasteiger partial charge on any atom is 0.405 e. The van der Waals surface area contributed by atoms with E-state index in [4.69, 9.17) is 9.63 Å². The number of hydrogen-bond acceptors (Lipinski definition) is 5. The molecule has 0 saturated heterocycles. The van der Waals surface area contributed by atoms with Crippen molar-refractivity contribution in [2.75, 3.05) is 0 Å². The molecule has 1 unspecified atom stereocenters. The Morgan fingerprint density at radius 2 is 1.96 bits per heavy atom. The minimum Gasteiger partial charge on any atom is -0.465 e. The monoisotopic (exact) mass is 352 g/mol. The number of pyridine rings is 1. The molecule has 0 radical (unpaired) electrons. The average Bonchev–Trinajstić information content (AvgIpc) is 3.10. The molecule has 1 atom stereocenters. The third kappa shape index (κ3) is 3.88. The number of carboxylic acid groups (broad SMARTS) is 1. The summed E-state index contributed by atoms with van der Waals surface area (Å²) in [4.78, 5) is 19.7. The highest BCUT2D eigenvalue weighted by Crippen LogP contribution is 2.34. The number of nitrogens with zero attached hydrogens (tertiary/aromatic N) is 3. The van der Waals surface area contributed by atoms with Gasteiger partial charge in [-0.1, -0.05) is 38.1 Å². The molecule has 0 spiro atoms. The van der Waals surface area contributed by atoms with Crippen LogP contribution in [0.3, 0.4) is 0 Å². The van der Waals surface area contributed by atoms with Gasteiger partial charge in [-0.05, 0) is 35.2 Å². The highest BCUT2D eigenvalue weighted by molar-refractivity contribution is 5.66. The van der Waals surface area contributed by atoms with Crippen LogP contribution in [0.2, 0.25) is 0 Å². The van der Waals surface area contributed by atoms with Crippen molar-refractivity contribution in [2.24, 2.45) is 5.41 Å². The molecule has 0 aliphatic heterocycles. The molecular formula is C19H20N4O3.